The van der Waals surface area contributed by atoms with Crippen LogP contribution < -0.4 is 4.74 Å². The number of benzene rings is 1. The van der Waals surface area contributed by atoms with Crippen LogP contribution in [-0.2, 0) is 0 Å². The van der Waals surface area contributed by atoms with Crippen molar-refractivity contribution < 1.29 is 17.9 Å². The summed E-state index contributed by atoms with van der Waals surface area (Å²) in [6, 6.07) is 4.37. The van der Waals surface area contributed by atoms with Gasteiger partial charge in [0, 0.05) is 6.04 Å². The molecule has 0 radical (unpaired) electrons. The highest BCUT2D eigenvalue weighted by molar-refractivity contribution is 6.20. The van der Waals surface area contributed by atoms with Crippen molar-refractivity contribution in [1.29, 1.82) is 0 Å². The van der Waals surface area contributed by atoms with E-state index in [2.05, 4.69) is 4.98 Å². The molecule has 0 bridgehead atoms. The summed E-state index contributed by atoms with van der Waals surface area (Å²) in [7, 11) is 1.50. The van der Waals surface area contributed by atoms with Crippen LogP contribution in [0.5, 0.6) is 5.75 Å². The van der Waals surface area contributed by atoms with Gasteiger partial charge in [0.05, 0.1) is 24.4 Å². The lowest BCUT2D eigenvalue weighted by atomic mass is 10.2. The van der Waals surface area contributed by atoms with Crippen LogP contribution in [-0.4, -0.2) is 22.8 Å². The van der Waals surface area contributed by atoms with Crippen LogP contribution in [0.3, 0.4) is 0 Å². The molecule has 0 amide bonds. The SMILES string of the molecule is COc1cccc2c1nc(C(C)Cl)n2C(C)CC(F)(F)F. The minimum atomic E-state index is -4.25. The summed E-state index contributed by atoms with van der Waals surface area (Å²) >= 11 is 6.09. The third-order valence-corrected chi connectivity index (χ3v) is 3.45. The van der Waals surface area contributed by atoms with E-state index in [9.17, 15) is 13.2 Å². The van der Waals surface area contributed by atoms with Crippen LogP contribution in [0.2, 0.25) is 0 Å². The summed E-state index contributed by atoms with van der Waals surface area (Å²) in [4.78, 5) is 4.37. The fourth-order valence-corrected chi connectivity index (χ4v) is 2.60. The van der Waals surface area contributed by atoms with Gasteiger partial charge in [-0.3, -0.25) is 0 Å². The van der Waals surface area contributed by atoms with Crippen molar-refractivity contribution in [3.8, 4) is 5.75 Å². The number of rotatable bonds is 4. The van der Waals surface area contributed by atoms with Crippen LogP contribution in [0.25, 0.3) is 11.0 Å². The molecule has 0 spiro atoms. The lowest BCUT2D eigenvalue weighted by Crippen LogP contribution is -2.18. The molecule has 2 rings (SSSR count). The second-order valence-corrected chi connectivity index (χ2v) is 5.61. The Hall–Kier alpha value is -1.43. The van der Waals surface area contributed by atoms with E-state index in [-0.39, 0.29) is 0 Å². The maximum atomic E-state index is 12.7. The van der Waals surface area contributed by atoms with Gasteiger partial charge in [0.15, 0.2) is 0 Å². The number of ether oxygens (including phenoxy) is 1. The number of halogens is 4. The molecule has 116 valence electrons. The van der Waals surface area contributed by atoms with E-state index in [4.69, 9.17) is 16.3 Å². The van der Waals surface area contributed by atoms with Gasteiger partial charge in [-0.2, -0.15) is 13.2 Å². The number of alkyl halides is 4. The average Bonchev–Trinajstić information content (AvgIpc) is 2.75. The number of hydrogen-bond acceptors (Lipinski definition) is 2. The van der Waals surface area contributed by atoms with Gasteiger partial charge in [-0.1, -0.05) is 6.07 Å². The number of hydrogen-bond donors (Lipinski definition) is 0. The van der Waals surface area contributed by atoms with E-state index in [0.717, 1.165) is 0 Å². The molecule has 7 heteroatoms. The Morgan fingerprint density at radius 1 is 1.33 bits per heavy atom. The van der Waals surface area contributed by atoms with E-state index < -0.39 is 24.0 Å². The molecule has 0 fully saturated rings. The predicted molar refractivity (Wildman–Crippen MR) is 75.9 cm³/mol. The van der Waals surface area contributed by atoms with Gasteiger partial charge < -0.3 is 9.30 Å². The van der Waals surface area contributed by atoms with Crippen LogP contribution >= 0.6 is 11.6 Å². The van der Waals surface area contributed by atoms with Crippen molar-refractivity contribution in [1.82, 2.24) is 9.55 Å². The van der Waals surface area contributed by atoms with Crippen LogP contribution in [0.15, 0.2) is 18.2 Å². The Labute approximate surface area is 125 Å². The first-order valence-electron chi connectivity index (χ1n) is 6.50. The minimum Gasteiger partial charge on any atom is -0.494 e. The normalized spacial score (nSPS) is 15.2. The first kappa shape index (κ1) is 15.9. The third kappa shape index (κ3) is 3.26. The number of imidazole rings is 1. The molecule has 1 heterocycles. The van der Waals surface area contributed by atoms with Crippen LogP contribution in [0.4, 0.5) is 13.2 Å². The molecule has 0 aliphatic carbocycles. The minimum absolute atomic E-state index is 0.410. The number of methoxy groups -OCH3 is 1. The summed E-state index contributed by atoms with van der Waals surface area (Å²) in [5.41, 5.74) is 1.12. The second-order valence-electron chi connectivity index (χ2n) is 4.95. The zero-order valence-electron chi connectivity index (χ0n) is 11.9. The zero-order valence-corrected chi connectivity index (χ0v) is 12.7. The van der Waals surface area contributed by atoms with Crippen molar-refractivity contribution in [3.63, 3.8) is 0 Å². The van der Waals surface area contributed by atoms with Gasteiger partial charge in [-0.05, 0) is 26.0 Å². The van der Waals surface area contributed by atoms with Crippen molar-refractivity contribution in [2.45, 2.75) is 37.9 Å². The van der Waals surface area contributed by atoms with Crippen molar-refractivity contribution in [3.05, 3.63) is 24.0 Å². The van der Waals surface area contributed by atoms with E-state index in [1.165, 1.54) is 14.0 Å². The summed E-state index contributed by atoms with van der Waals surface area (Å²) in [6.45, 7) is 3.20. The molecule has 0 aliphatic heterocycles. The van der Waals surface area contributed by atoms with Crippen LogP contribution in [0.1, 0.15) is 37.5 Å². The van der Waals surface area contributed by atoms with Crippen molar-refractivity contribution in [2.24, 2.45) is 0 Å². The number of aromatic nitrogens is 2. The standard InChI is InChI=1S/C14H16ClF3N2O/c1-8(7-14(16,17)18)20-10-5-4-6-11(21-3)12(10)19-13(20)9(2)15/h4-6,8-9H,7H2,1-3H3. The Morgan fingerprint density at radius 2 is 2.00 bits per heavy atom. The molecule has 3 nitrogen and oxygen atoms in total. The van der Waals surface area contributed by atoms with Gasteiger partial charge in [0.1, 0.15) is 17.1 Å². The van der Waals surface area contributed by atoms with Crippen molar-refractivity contribution >= 4 is 22.6 Å². The molecular weight excluding hydrogens is 305 g/mol. The van der Waals surface area contributed by atoms with Gasteiger partial charge in [-0.25, -0.2) is 4.98 Å². The fourth-order valence-electron chi connectivity index (χ4n) is 2.44. The largest absolute Gasteiger partial charge is 0.494 e. The summed E-state index contributed by atoms with van der Waals surface area (Å²) in [6.07, 6.45) is -5.19. The summed E-state index contributed by atoms with van der Waals surface area (Å²) in [5, 5.41) is -0.502. The topological polar surface area (TPSA) is 27.1 Å². The molecular formula is C14H16ClF3N2O. The number of nitrogens with zero attached hydrogens (tertiary/aromatic N) is 2. The van der Waals surface area contributed by atoms with Gasteiger partial charge >= 0.3 is 6.18 Å². The molecule has 0 saturated heterocycles. The average molecular weight is 321 g/mol. The lowest BCUT2D eigenvalue weighted by molar-refractivity contribution is -0.141. The fraction of sp³-hybridized carbons (Fsp3) is 0.500. The quantitative estimate of drug-likeness (QED) is 0.752. The molecule has 21 heavy (non-hydrogen) atoms. The van der Waals surface area contributed by atoms with E-state index in [0.29, 0.717) is 22.6 Å². The van der Waals surface area contributed by atoms with E-state index >= 15 is 0 Å². The van der Waals surface area contributed by atoms with Crippen molar-refractivity contribution in [2.75, 3.05) is 7.11 Å². The maximum Gasteiger partial charge on any atom is 0.391 e. The number of fused-ring (bicyclic) bond motifs is 1. The van der Waals surface area contributed by atoms with Gasteiger partial charge in [0.2, 0.25) is 0 Å². The maximum absolute atomic E-state index is 12.7. The van der Waals surface area contributed by atoms with Crippen LogP contribution in [0, 0.1) is 0 Å². The Morgan fingerprint density at radius 3 is 2.52 bits per heavy atom. The molecule has 1 aromatic heterocycles. The molecule has 2 unspecified atom stereocenters. The van der Waals surface area contributed by atoms with Gasteiger partial charge in [0.25, 0.3) is 0 Å². The summed E-state index contributed by atoms with van der Waals surface area (Å²) in [5.74, 6) is 0.928. The molecule has 0 saturated carbocycles. The lowest BCUT2D eigenvalue weighted by Gasteiger charge is -2.20. The monoisotopic (exact) mass is 320 g/mol. The van der Waals surface area contributed by atoms with E-state index in [1.54, 1.807) is 29.7 Å². The first-order chi connectivity index (χ1) is 9.74. The Bertz CT molecular complexity index is 637. The molecule has 2 aromatic rings. The molecule has 2 atom stereocenters. The van der Waals surface area contributed by atoms with Gasteiger partial charge in [-0.15, -0.1) is 11.6 Å². The molecule has 1 aromatic carbocycles. The predicted octanol–water partition coefficient (Wildman–Crippen LogP) is 4.86. The third-order valence-electron chi connectivity index (χ3n) is 3.25. The summed E-state index contributed by atoms with van der Waals surface area (Å²) < 4.78 is 44.8. The first-order valence-corrected chi connectivity index (χ1v) is 6.94. The second kappa shape index (κ2) is 5.75. The molecule has 0 aliphatic rings. The molecule has 0 N–H and O–H groups in total. The Balaban J connectivity index is 2.62. The highest BCUT2D eigenvalue weighted by atomic mass is 35.5. The smallest absolute Gasteiger partial charge is 0.391 e. The Kier molecular flexibility index (Phi) is 4.37. The highest BCUT2D eigenvalue weighted by Crippen LogP contribution is 2.36. The van der Waals surface area contributed by atoms with E-state index in [1.807, 2.05) is 0 Å². The number of para-hydroxylation sites is 1. The highest BCUT2D eigenvalue weighted by Gasteiger charge is 2.32. The zero-order chi connectivity index (χ0) is 15.8.